The Bertz CT molecular complexity index is 3750. The van der Waals surface area contributed by atoms with Crippen molar-refractivity contribution >= 4 is 0 Å². The van der Waals surface area contributed by atoms with Crippen molar-refractivity contribution < 1.29 is 28.4 Å². The minimum Gasteiger partial charge on any atom is -0.490 e. The van der Waals surface area contributed by atoms with E-state index in [1.807, 2.05) is 0 Å². The maximum atomic E-state index is 6.58. The van der Waals surface area contributed by atoms with Crippen molar-refractivity contribution in [1.82, 2.24) is 15.0 Å². The zero-order valence-electron chi connectivity index (χ0n) is 84.8. The molecule has 0 spiro atoms. The lowest BCUT2D eigenvalue weighted by atomic mass is 10.1. The molecule has 0 unspecified atom stereocenters. The van der Waals surface area contributed by atoms with Crippen LogP contribution in [0.3, 0.4) is 0 Å². The molecule has 0 aliphatic carbocycles. The monoisotopic (exact) mass is 1800 g/mol. The molecule has 726 valence electrons. The Labute approximate surface area is 808 Å². The van der Waals surface area contributed by atoms with Crippen LogP contribution in [-0.2, 0) is 0 Å². The van der Waals surface area contributed by atoms with Crippen molar-refractivity contribution in [1.29, 1.82) is 0 Å². The van der Waals surface area contributed by atoms with E-state index in [2.05, 4.69) is 204 Å². The fraction of sp³-hybridized carbons (Fsp3) is 0.634. The van der Waals surface area contributed by atoms with E-state index in [9.17, 15) is 0 Å². The van der Waals surface area contributed by atoms with Crippen molar-refractivity contribution in [2.75, 3.05) is 39.6 Å². The van der Waals surface area contributed by atoms with Crippen molar-refractivity contribution in [2.45, 2.75) is 465 Å². The average Bonchev–Trinajstić information content (AvgIpc) is 0.793. The van der Waals surface area contributed by atoms with E-state index >= 15 is 0 Å². The summed E-state index contributed by atoms with van der Waals surface area (Å²) in [7, 11) is 0. The third kappa shape index (κ3) is 52.6. The van der Waals surface area contributed by atoms with Gasteiger partial charge in [0.15, 0.2) is 52.0 Å². The van der Waals surface area contributed by atoms with Crippen molar-refractivity contribution in [3.63, 3.8) is 0 Å². The summed E-state index contributed by atoms with van der Waals surface area (Å²) in [6.07, 6.45) is 85.8. The predicted molar refractivity (Wildman–Crippen MR) is 565 cm³/mol. The van der Waals surface area contributed by atoms with Gasteiger partial charge >= 0.3 is 0 Å². The smallest absolute Gasteiger partial charge is 0.164 e. The Hall–Kier alpha value is -8.19. The molecular weight excluding hydrogens is 1620 g/mol. The van der Waals surface area contributed by atoms with Crippen molar-refractivity contribution in [3.8, 4) is 104 Å². The molecule has 0 amide bonds. The van der Waals surface area contributed by atoms with Crippen LogP contribution in [0.15, 0.2) is 127 Å². The summed E-state index contributed by atoms with van der Waals surface area (Å²) in [5, 5.41) is 0. The van der Waals surface area contributed by atoms with Crippen molar-refractivity contribution in [2.24, 2.45) is 0 Å². The zero-order valence-corrected chi connectivity index (χ0v) is 84.8. The Morgan fingerprint density at radius 1 is 0.152 bits per heavy atom. The number of hydrogen-bond acceptors (Lipinski definition) is 9. The standard InChI is InChI=1S/C123H183N3O6/c1-7-13-19-25-31-37-43-49-55-61-67-97-127-115-94-85-109(103-118(115)130-100-70-64-58-52-46-40-34-28-22-16-10-4)76-73-106-79-88-112(89-80-106)121-124-122(113-90-81-107(82-91-113)74-77-110-86-95-116(128-98-68-62-56-50-44-38-32-26-20-14-8-2)119(104-110)131-101-71-65-59-53-47-41-35-29-23-17-11-5)126-123(125-121)114-92-83-108(84-93-114)75-78-111-87-96-117(129-99-69-63-57-51-45-39-33-27-21-15-9-3)120(105-111)132-102-72-66-60-54-48-42-36-30-24-18-12-6/h79-96,103-105H,7-72,97-102H2,1-6H3. The molecule has 0 bridgehead atoms. The first kappa shape index (κ1) is 111. The summed E-state index contributed by atoms with van der Waals surface area (Å²) in [6, 6.07) is 43.4. The number of unbranched alkanes of at least 4 members (excludes halogenated alkanes) is 60. The molecule has 0 saturated heterocycles. The zero-order chi connectivity index (χ0) is 92.8. The minimum atomic E-state index is 0.561. The molecule has 0 atom stereocenters. The van der Waals surface area contributed by atoms with Gasteiger partial charge in [0.2, 0.25) is 0 Å². The Balaban J connectivity index is 1.10. The summed E-state index contributed by atoms with van der Waals surface area (Å²) in [6.45, 7) is 17.8. The van der Waals surface area contributed by atoms with Gasteiger partial charge in [-0.1, -0.05) is 462 Å². The van der Waals surface area contributed by atoms with Crippen LogP contribution in [-0.4, -0.2) is 54.6 Å². The second-order valence-electron chi connectivity index (χ2n) is 38.1. The molecule has 0 radical (unpaired) electrons. The molecule has 1 aromatic heterocycles. The van der Waals surface area contributed by atoms with Gasteiger partial charge in [-0.3, -0.25) is 0 Å². The molecule has 9 heteroatoms. The largest absolute Gasteiger partial charge is 0.490 e. The van der Waals surface area contributed by atoms with Crippen molar-refractivity contribution in [3.05, 3.63) is 161 Å². The van der Waals surface area contributed by atoms with Crippen LogP contribution >= 0.6 is 0 Å². The first-order chi connectivity index (χ1) is 65.4. The summed E-state index contributed by atoms with van der Waals surface area (Å²) < 4.78 is 39.2. The normalized spacial score (nSPS) is 11.1. The van der Waals surface area contributed by atoms with Crippen LogP contribution in [0.2, 0.25) is 0 Å². The Morgan fingerprint density at radius 3 is 0.455 bits per heavy atom. The predicted octanol–water partition coefficient (Wildman–Crippen LogP) is 37.2. The number of benzene rings is 6. The summed E-state index contributed by atoms with van der Waals surface area (Å²) in [5.74, 6) is 27.3. The number of hydrogen-bond donors (Lipinski definition) is 0. The third-order valence-electron chi connectivity index (χ3n) is 26.0. The molecule has 0 aliphatic rings. The number of rotatable bonds is 81. The topological polar surface area (TPSA) is 94.1 Å². The van der Waals surface area contributed by atoms with E-state index < -0.39 is 0 Å². The van der Waals surface area contributed by atoms with Gasteiger partial charge in [0, 0.05) is 50.1 Å². The Kier molecular flexibility index (Phi) is 64.7. The molecule has 0 fully saturated rings. The molecule has 6 aromatic carbocycles. The lowest BCUT2D eigenvalue weighted by molar-refractivity contribution is 0.258. The van der Waals surface area contributed by atoms with Crippen LogP contribution in [0.25, 0.3) is 34.2 Å². The number of ether oxygens (including phenoxy) is 6. The molecule has 0 aliphatic heterocycles. The van der Waals surface area contributed by atoms with Crippen LogP contribution < -0.4 is 28.4 Å². The maximum Gasteiger partial charge on any atom is 0.164 e. The van der Waals surface area contributed by atoms with E-state index in [1.54, 1.807) is 0 Å². The highest BCUT2D eigenvalue weighted by Gasteiger charge is 2.16. The van der Waals surface area contributed by atoms with E-state index in [-0.39, 0.29) is 0 Å². The highest BCUT2D eigenvalue weighted by atomic mass is 16.5. The van der Waals surface area contributed by atoms with Crippen LogP contribution in [0.5, 0.6) is 34.5 Å². The molecule has 9 nitrogen and oxygen atoms in total. The summed E-state index contributed by atoms with van der Waals surface area (Å²) in [5.41, 5.74) is 7.87. The minimum absolute atomic E-state index is 0.561. The van der Waals surface area contributed by atoms with E-state index in [4.69, 9.17) is 43.4 Å². The van der Waals surface area contributed by atoms with Gasteiger partial charge in [0.25, 0.3) is 0 Å². The lowest BCUT2D eigenvalue weighted by Gasteiger charge is -2.13. The second-order valence-corrected chi connectivity index (χ2v) is 38.1. The summed E-state index contributed by atoms with van der Waals surface area (Å²) >= 11 is 0. The fourth-order valence-electron chi connectivity index (χ4n) is 17.4. The molecular formula is C123H183N3O6. The molecule has 7 rings (SSSR count). The maximum absolute atomic E-state index is 6.58. The Morgan fingerprint density at radius 2 is 0.288 bits per heavy atom. The third-order valence-corrected chi connectivity index (χ3v) is 26.0. The van der Waals surface area contributed by atoms with E-state index in [1.165, 1.54) is 385 Å². The van der Waals surface area contributed by atoms with Gasteiger partial charge in [-0.15, -0.1) is 0 Å². The fourth-order valence-corrected chi connectivity index (χ4v) is 17.4. The molecule has 7 aromatic rings. The molecule has 0 saturated carbocycles. The van der Waals surface area contributed by atoms with Gasteiger partial charge in [0.05, 0.1) is 39.6 Å². The van der Waals surface area contributed by atoms with Crippen LogP contribution in [0, 0.1) is 35.5 Å². The molecule has 132 heavy (non-hydrogen) atoms. The first-order valence-electron chi connectivity index (χ1n) is 55.2. The second kappa shape index (κ2) is 77.0. The van der Waals surface area contributed by atoms with Gasteiger partial charge in [-0.05, 0) is 166 Å². The van der Waals surface area contributed by atoms with E-state index in [0.717, 1.165) is 123 Å². The van der Waals surface area contributed by atoms with Crippen LogP contribution in [0.1, 0.15) is 499 Å². The highest BCUT2D eigenvalue weighted by molar-refractivity contribution is 5.68. The average molecular weight is 1800 g/mol. The van der Waals surface area contributed by atoms with Gasteiger partial charge < -0.3 is 28.4 Å². The van der Waals surface area contributed by atoms with Crippen LogP contribution in [0.4, 0.5) is 0 Å². The number of aromatic nitrogens is 3. The van der Waals surface area contributed by atoms with E-state index in [0.29, 0.717) is 57.1 Å². The quantitative estimate of drug-likeness (QED) is 0.0273. The molecule has 0 N–H and O–H groups in total. The van der Waals surface area contributed by atoms with Gasteiger partial charge in [0.1, 0.15) is 0 Å². The highest BCUT2D eigenvalue weighted by Crippen LogP contribution is 2.35. The van der Waals surface area contributed by atoms with Gasteiger partial charge in [-0.25, -0.2) is 15.0 Å². The summed E-state index contributed by atoms with van der Waals surface area (Å²) in [4.78, 5) is 15.7. The molecule has 1 heterocycles. The SMILES string of the molecule is CCCCCCCCCCCCCOc1ccc(C#Cc2ccc(-c3nc(-c4ccc(C#Cc5ccc(OCCCCCCCCCCCCC)c(OCCCCCCCCCCCCC)c5)cc4)nc(-c4ccc(C#Cc5ccc(OCCCCCCCCCCCCC)c(OCCCCCCCCCCCCC)c5)cc4)n3)cc2)cc1OCCCCCCCCCCCCC. The first-order valence-corrected chi connectivity index (χ1v) is 55.2. The van der Waals surface area contributed by atoms with Gasteiger partial charge in [-0.2, -0.15) is 0 Å². The number of nitrogens with zero attached hydrogens (tertiary/aromatic N) is 3. The lowest BCUT2D eigenvalue weighted by Crippen LogP contribution is -2.03.